The smallest absolute Gasteiger partial charge is 0.482 e. The van der Waals surface area contributed by atoms with Gasteiger partial charge in [-0.25, -0.2) is 0 Å². The average Bonchev–Trinajstić information content (AvgIpc) is 2.53. The Morgan fingerprint density at radius 2 is 1.85 bits per heavy atom. The number of ether oxygens (including phenoxy) is 2. The summed E-state index contributed by atoms with van der Waals surface area (Å²) < 4.78 is 22.8. The third-order valence-electron chi connectivity index (χ3n) is 4.36. The van der Waals surface area contributed by atoms with E-state index in [2.05, 4.69) is 6.92 Å². The van der Waals surface area contributed by atoms with Crippen LogP contribution < -0.4 is 9.92 Å². The van der Waals surface area contributed by atoms with Crippen molar-refractivity contribution in [3.8, 4) is 5.75 Å². The van der Waals surface area contributed by atoms with E-state index in [1.165, 1.54) is 13.8 Å². The Balaban J connectivity index is 2.23. The summed E-state index contributed by atoms with van der Waals surface area (Å²) in [7, 11) is -3.18. The lowest BCUT2D eigenvalue weighted by Gasteiger charge is -2.36. The molecule has 0 aliphatic carbocycles. The van der Waals surface area contributed by atoms with E-state index < -0.39 is 26.3 Å². The summed E-state index contributed by atoms with van der Waals surface area (Å²) in [4.78, 5) is 23.0. The normalized spacial score (nSPS) is 19.3. The number of carbonyl (C=O) groups excluding carboxylic acids is 2. The zero-order valence-corrected chi connectivity index (χ0v) is 17.2. The fourth-order valence-corrected chi connectivity index (χ4v) is 5.27. The Labute approximate surface area is 156 Å². The van der Waals surface area contributed by atoms with Crippen LogP contribution in [0.2, 0.25) is 6.55 Å². The monoisotopic (exact) mass is 380 g/mol. The highest BCUT2D eigenvalue weighted by Crippen LogP contribution is 2.34. The number of hydrogen-bond donors (Lipinski definition) is 0. The largest absolute Gasteiger partial charge is 0.496 e. The van der Waals surface area contributed by atoms with Gasteiger partial charge in [-0.2, -0.15) is 0 Å². The van der Waals surface area contributed by atoms with Crippen molar-refractivity contribution in [1.29, 1.82) is 0 Å². The number of rotatable bonds is 7. The van der Waals surface area contributed by atoms with Gasteiger partial charge in [0.2, 0.25) is 5.79 Å². The maximum atomic E-state index is 11.5. The molecule has 144 valence electrons. The second-order valence-electron chi connectivity index (χ2n) is 6.94. The van der Waals surface area contributed by atoms with E-state index in [0.29, 0.717) is 11.8 Å². The number of carbonyl (C=O) groups is 2. The standard InChI is InChI=1S/C19H28O6Si/c1-6-7-8-11-19(4)22-13-16-12-17(9-10-18(16)23-19)26(5,24-14(2)20)25-15(3)21/h9-10,12H,6-8,11,13H2,1-5H3. The van der Waals surface area contributed by atoms with Crippen LogP contribution in [-0.2, 0) is 29.8 Å². The minimum Gasteiger partial charge on any atom is -0.482 e. The highest BCUT2D eigenvalue weighted by atomic mass is 28.4. The SMILES string of the molecule is CCCCCC1(C)OCc2cc([Si](C)(OC(C)=O)OC(C)=O)ccc2O1. The quantitative estimate of drug-likeness (QED) is 0.534. The highest BCUT2D eigenvalue weighted by molar-refractivity contribution is 6.82. The molecule has 1 atom stereocenters. The first-order valence-electron chi connectivity index (χ1n) is 9.03. The summed E-state index contributed by atoms with van der Waals surface area (Å²) in [5.41, 5.74) is 0.855. The van der Waals surface area contributed by atoms with Gasteiger partial charge < -0.3 is 18.3 Å². The molecule has 0 N–H and O–H groups in total. The van der Waals surface area contributed by atoms with Crippen molar-refractivity contribution in [2.45, 2.75) is 72.3 Å². The molecule has 0 fully saturated rings. The lowest BCUT2D eigenvalue weighted by atomic mass is 10.1. The number of benzene rings is 1. The predicted octanol–water partition coefficient (Wildman–Crippen LogP) is 3.30. The minimum absolute atomic E-state index is 0.399. The van der Waals surface area contributed by atoms with Crippen LogP contribution in [0, 0.1) is 0 Å². The van der Waals surface area contributed by atoms with Crippen molar-refractivity contribution in [3.63, 3.8) is 0 Å². The second-order valence-corrected chi connectivity index (χ2v) is 9.81. The fourth-order valence-electron chi connectivity index (χ4n) is 3.07. The van der Waals surface area contributed by atoms with Gasteiger partial charge in [0, 0.05) is 44.5 Å². The Hall–Kier alpha value is -1.86. The maximum absolute atomic E-state index is 11.5. The molecule has 26 heavy (non-hydrogen) atoms. The number of fused-ring (bicyclic) bond motifs is 1. The molecule has 6 nitrogen and oxygen atoms in total. The molecule has 1 aliphatic heterocycles. The average molecular weight is 381 g/mol. The van der Waals surface area contributed by atoms with Crippen LogP contribution in [0.3, 0.4) is 0 Å². The van der Waals surface area contributed by atoms with Gasteiger partial charge in [0.25, 0.3) is 11.9 Å². The Morgan fingerprint density at radius 1 is 1.19 bits per heavy atom. The lowest BCUT2D eigenvalue weighted by Crippen LogP contribution is -2.53. The molecule has 0 saturated carbocycles. The van der Waals surface area contributed by atoms with Crippen LogP contribution in [0.15, 0.2) is 18.2 Å². The molecule has 1 heterocycles. The van der Waals surface area contributed by atoms with Gasteiger partial charge >= 0.3 is 8.56 Å². The van der Waals surface area contributed by atoms with Crippen molar-refractivity contribution < 1.29 is 27.9 Å². The van der Waals surface area contributed by atoms with Crippen LogP contribution in [0.4, 0.5) is 0 Å². The fraction of sp³-hybridized carbons (Fsp3) is 0.579. The molecule has 7 heteroatoms. The summed E-state index contributed by atoms with van der Waals surface area (Å²) in [6.45, 7) is 8.81. The van der Waals surface area contributed by atoms with Gasteiger partial charge in [-0.05, 0) is 18.6 Å². The van der Waals surface area contributed by atoms with E-state index >= 15 is 0 Å². The van der Waals surface area contributed by atoms with Crippen molar-refractivity contribution in [2.75, 3.05) is 0 Å². The summed E-state index contributed by atoms with van der Waals surface area (Å²) >= 11 is 0. The first-order valence-corrected chi connectivity index (χ1v) is 11.3. The predicted molar refractivity (Wildman–Crippen MR) is 99.2 cm³/mol. The Bertz CT molecular complexity index is 658. The topological polar surface area (TPSA) is 71.1 Å². The van der Waals surface area contributed by atoms with E-state index in [1.54, 1.807) is 12.6 Å². The third kappa shape index (κ3) is 5.08. The summed E-state index contributed by atoms with van der Waals surface area (Å²) in [6.07, 6.45) is 4.16. The van der Waals surface area contributed by atoms with Crippen molar-refractivity contribution >= 4 is 25.7 Å². The second kappa shape index (κ2) is 8.22. The first-order chi connectivity index (χ1) is 12.2. The number of unbranched alkanes of at least 4 members (excludes halogenated alkanes) is 2. The molecule has 0 saturated heterocycles. The molecule has 2 rings (SSSR count). The molecule has 0 aromatic heterocycles. The zero-order chi connectivity index (χ0) is 19.4. The molecule has 0 radical (unpaired) electrons. The van der Waals surface area contributed by atoms with Gasteiger partial charge in [0.15, 0.2) is 0 Å². The molecule has 1 unspecified atom stereocenters. The van der Waals surface area contributed by atoms with Gasteiger partial charge in [-0.1, -0.05) is 25.8 Å². The number of hydrogen-bond acceptors (Lipinski definition) is 6. The van der Waals surface area contributed by atoms with Gasteiger partial charge in [0.05, 0.1) is 6.61 Å². The molecule has 0 spiro atoms. The summed E-state index contributed by atoms with van der Waals surface area (Å²) in [5.74, 6) is -0.833. The first kappa shape index (κ1) is 20.4. The highest BCUT2D eigenvalue weighted by Gasteiger charge is 2.42. The molecular formula is C19H28O6Si. The molecule has 1 aliphatic rings. The van der Waals surface area contributed by atoms with Crippen LogP contribution >= 0.6 is 0 Å². The maximum Gasteiger partial charge on any atom is 0.496 e. The van der Waals surface area contributed by atoms with Gasteiger partial charge in [0.1, 0.15) is 5.75 Å². The molecular weight excluding hydrogens is 352 g/mol. The van der Waals surface area contributed by atoms with Gasteiger partial charge in [-0.3, -0.25) is 9.59 Å². The van der Waals surface area contributed by atoms with Crippen LogP contribution in [0.5, 0.6) is 5.75 Å². The zero-order valence-electron chi connectivity index (χ0n) is 16.2. The molecule has 1 aromatic rings. The van der Waals surface area contributed by atoms with Crippen LogP contribution in [0.25, 0.3) is 0 Å². The summed E-state index contributed by atoms with van der Waals surface area (Å²) in [6, 6.07) is 5.48. The van der Waals surface area contributed by atoms with E-state index in [4.69, 9.17) is 18.3 Å². The van der Waals surface area contributed by atoms with Crippen LogP contribution in [0.1, 0.15) is 58.9 Å². The van der Waals surface area contributed by atoms with Crippen molar-refractivity contribution in [1.82, 2.24) is 0 Å². The Kier molecular flexibility index (Phi) is 6.47. The third-order valence-corrected chi connectivity index (χ3v) is 7.07. The molecule has 0 bridgehead atoms. The minimum atomic E-state index is -3.18. The van der Waals surface area contributed by atoms with E-state index in [-0.39, 0.29) is 0 Å². The lowest BCUT2D eigenvalue weighted by molar-refractivity contribution is -0.198. The summed E-state index contributed by atoms with van der Waals surface area (Å²) in [5, 5.41) is 0.684. The van der Waals surface area contributed by atoms with Crippen molar-refractivity contribution in [3.05, 3.63) is 23.8 Å². The Morgan fingerprint density at radius 3 is 2.42 bits per heavy atom. The molecule has 0 amide bonds. The van der Waals surface area contributed by atoms with Crippen molar-refractivity contribution in [2.24, 2.45) is 0 Å². The van der Waals surface area contributed by atoms with E-state index in [9.17, 15) is 9.59 Å². The van der Waals surface area contributed by atoms with E-state index in [1.807, 2.05) is 19.1 Å². The van der Waals surface area contributed by atoms with Crippen LogP contribution in [-0.4, -0.2) is 26.3 Å². The van der Waals surface area contributed by atoms with Gasteiger partial charge in [-0.15, -0.1) is 0 Å². The molecule has 1 aromatic carbocycles. The van der Waals surface area contributed by atoms with E-state index in [0.717, 1.165) is 37.0 Å².